The Balaban J connectivity index is 1.91. The molecule has 0 saturated carbocycles. The molecule has 0 spiro atoms. The van der Waals surface area contributed by atoms with Gasteiger partial charge in [-0.2, -0.15) is 13.2 Å². The summed E-state index contributed by atoms with van der Waals surface area (Å²) in [5, 5.41) is 3.02. The van der Waals surface area contributed by atoms with E-state index in [0.29, 0.717) is 6.42 Å². The second-order valence-corrected chi connectivity index (χ2v) is 5.16. The number of benzene rings is 1. The number of hydrogen-bond donors (Lipinski definition) is 1. The Morgan fingerprint density at radius 2 is 2.00 bits per heavy atom. The van der Waals surface area contributed by atoms with E-state index in [9.17, 15) is 13.2 Å². The minimum Gasteiger partial charge on any atom is -0.372 e. The third kappa shape index (κ3) is 3.92. The molecule has 1 aromatic carbocycles. The highest BCUT2D eigenvalue weighted by Gasteiger charge is 2.27. The van der Waals surface area contributed by atoms with Gasteiger partial charge in [0.05, 0.1) is 0 Å². The van der Waals surface area contributed by atoms with Crippen molar-refractivity contribution in [3.63, 3.8) is 0 Å². The van der Waals surface area contributed by atoms with Crippen molar-refractivity contribution in [2.75, 3.05) is 13.2 Å². The van der Waals surface area contributed by atoms with Crippen LogP contribution >= 0.6 is 11.3 Å². The Morgan fingerprint density at radius 1 is 1.26 bits per heavy atom. The number of halogens is 3. The van der Waals surface area contributed by atoms with Gasteiger partial charge in [-0.25, -0.2) is 0 Å². The normalized spacial score (nSPS) is 13.9. The fourth-order valence-electron chi connectivity index (χ4n) is 1.84. The third-order valence-corrected chi connectivity index (χ3v) is 3.73. The van der Waals surface area contributed by atoms with Gasteiger partial charge >= 0.3 is 6.18 Å². The molecule has 2 aromatic rings. The summed E-state index contributed by atoms with van der Waals surface area (Å²) in [7, 11) is 0. The lowest BCUT2D eigenvalue weighted by atomic mass is 10.0. The Hall–Kier alpha value is -1.11. The number of nitrogens with two attached hydrogens (primary N) is 1. The number of ether oxygens (including phenoxy) is 1. The lowest BCUT2D eigenvalue weighted by molar-refractivity contribution is -0.174. The van der Waals surface area contributed by atoms with E-state index >= 15 is 0 Å². The summed E-state index contributed by atoms with van der Waals surface area (Å²) in [5.74, 6) is 0. The van der Waals surface area contributed by atoms with Crippen LogP contribution in [0.1, 0.15) is 18.0 Å². The average Bonchev–Trinajstić information content (AvgIpc) is 2.77. The van der Waals surface area contributed by atoms with Crippen LogP contribution in [-0.2, 0) is 4.74 Å². The number of alkyl halides is 3. The number of fused-ring (bicyclic) bond motifs is 1. The molecule has 6 heteroatoms. The molecule has 0 saturated heterocycles. The molecule has 1 aromatic heterocycles. The van der Waals surface area contributed by atoms with Crippen LogP contribution in [0, 0.1) is 0 Å². The van der Waals surface area contributed by atoms with Crippen LogP contribution in [0.15, 0.2) is 29.6 Å². The molecule has 0 bridgehead atoms. The average molecular weight is 289 g/mol. The van der Waals surface area contributed by atoms with E-state index in [0.717, 1.165) is 15.6 Å². The zero-order valence-corrected chi connectivity index (χ0v) is 10.9. The molecular weight excluding hydrogens is 275 g/mol. The quantitative estimate of drug-likeness (QED) is 0.848. The smallest absolute Gasteiger partial charge is 0.372 e. The molecular formula is C13H14F3NOS. The first-order chi connectivity index (χ1) is 8.97. The Bertz CT molecular complexity index is 538. The fraction of sp³-hybridized carbons (Fsp3) is 0.385. The van der Waals surface area contributed by atoms with Crippen molar-refractivity contribution >= 4 is 21.4 Å². The maximum Gasteiger partial charge on any atom is 0.411 e. The maximum atomic E-state index is 11.9. The molecule has 1 unspecified atom stereocenters. The molecule has 2 N–H and O–H groups in total. The van der Waals surface area contributed by atoms with Crippen molar-refractivity contribution in [2.45, 2.75) is 18.6 Å². The summed E-state index contributed by atoms with van der Waals surface area (Å²) in [4.78, 5) is 0. The van der Waals surface area contributed by atoms with E-state index < -0.39 is 12.8 Å². The standard InChI is InChI=1S/C13H14F3NOS/c14-13(15,16)8-18-6-5-11(17)10-7-19-12-4-2-1-3-9(10)12/h1-4,7,11H,5-6,8,17H2. The van der Waals surface area contributed by atoms with Crippen molar-refractivity contribution in [3.8, 4) is 0 Å². The first-order valence-electron chi connectivity index (χ1n) is 5.83. The Kier molecular flexibility index (Phi) is 4.44. The van der Waals surface area contributed by atoms with Crippen LogP contribution in [0.25, 0.3) is 10.1 Å². The molecule has 1 heterocycles. The maximum absolute atomic E-state index is 11.9. The number of thiophene rings is 1. The second kappa shape index (κ2) is 5.90. The fourth-order valence-corrected chi connectivity index (χ4v) is 2.86. The summed E-state index contributed by atoms with van der Waals surface area (Å²) >= 11 is 1.58. The Labute approximate surface area is 113 Å². The van der Waals surface area contributed by atoms with Gasteiger partial charge < -0.3 is 10.5 Å². The van der Waals surface area contributed by atoms with Crippen molar-refractivity contribution in [1.29, 1.82) is 0 Å². The SMILES string of the molecule is NC(CCOCC(F)(F)F)c1csc2ccccc12. The molecule has 0 radical (unpaired) electrons. The van der Waals surface area contributed by atoms with Crippen molar-refractivity contribution in [1.82, 2.24) is 0 Å². The van der Waals surface area contributed by atoms with E-state index in [1.165, 1.54) is 0 Å². The molecule has 0 fully saturated rings. The van der Waals surface area contributed by atoms with Crippen molar-refractivity contribution < 1.29 is 17.9 Å². The van der Waals surface area contributed by atoms with E-state index in [1.54, 1.807) is 11.3 Å². The number of hydrogen-bond acceptors (Lipinski definition) is 3. The van der Waals surface area contributed by atoms with E-state index in [-0.39, 0.29) is 12.6 Å². The minimum absolute atomic E-state index is 0.00481. The van der Waals surface area contributed by atoms with E-state index in [2.05, 4.69) is 4.74 Å². The zero-order chi connectivity index (χ0) is 13.9. The highest BCUT2D eigenvalue weighted by Crippen LogP contribution is 2.30. The summed E-state index contributed by atoms with van der Waals surface area (Å²) in [5.41, 5.74) is 6.97. The Morgan fingerprint density at radius 3 is 2.74 bits per heavy atom. The summed E-state index contributed by atoms with van der Waals surface area (Å²) in [6.07, 6.45) is -3.91. The van der Waals surface area contributed by atoms with E-state index in [1.807, 2.05) is 29.6 Å². The monoisotopic (exact) mass is 289 g/mol. The molecule has 1 atom stereocenters. The summed E-state index contributed by atoms with van der Waals surface area (Å²) in [6.45, 7) is -1.21. The summed E-state index contributed by atoms with van der Waals surface area (Å²) < 4.78 is 41.4. The van der Waals surface area contributed by atoms with Crippen LogP contribution in [-0.4, -0.2) is 19.4 Å². The van der Waals surface area contributed by atoms with Gasteiger partial charge in [0, 0.05) is 17.3 Å². The largest absolute Gasteiger partial charge is 0.411 e. The van der Waals surface area contributed by atoms with Crippen LogP contribution < -0.4 is 5.73 Å². The third-order valence-electron chi connectivity index (χ3n) is 2.75. The van der Waals surface area contributed by atoms with Crippen molar-refractivity contribution in [2.24, 2.45) is 5.73 Å². The van der Waals surface area contributed by atoms with Gasteiger partial charge in [0.15, 0.2) is 0 Å². The molecule has 0 amide bonds. The van der Waals surface area contributed by atoms with Crippen LogP contribution in [0.2, 0.25) is 0 Å². The van der Waals surface area contributed by atoms with Gasteiger partial charge in [0.25, 0.3) is 0 Å². The van der Waals surface area contributed by atoms with Crippen molar-refractivity contribution in [3.05, 3.63) is 35.2 Å². The first-order valence-corrected chi connectivity index (χ1v) is 6.71. The minimum atomic E-state index is -4.28. The molecule has 2 nitrogen and oxygen atoms in total. The molecule has 0 aliphatic heterocycles. The predicted molar refractivity (Wildman–Crippen MR) is 70.2 cm³/mol. The van der Waals surface area contributed by atoms with Gasteiger partial charge in [0.1, 0.15) is 6.61 Å². The molecule has 0 aliphatic carbocycles. The van der Waals surface area contributed by atoms with Gasteiger partial charge in [-0.15, -0.1) is 11.3 Å². The van der Waals surface area contributed by atoms with Crippen LogP contribution in [0.3, 0.4) is 0 Å². The topological polar surface area (TPSA) is 35.2 Å². The predicted octanol–water partition coefficient (Wildman–Crippen LogP) is 3.87. The molecule has 2 rings (SSSR count). The highest BCUT2D eigenvalue weighted by atomic mass is 32.1. The van der Waals surface area contributed by atoms with E-state index in [4.69, 9.17) is 5.73 Å². The number of rotatable bonds is 5. The first kappa shape index (κ1) is 14.3. The second-order valence-electron chi connectivity index (χ2n) is 4.25. The molecule has 104 valence electrons. The lowest BCUT2D eigenvalue weighted by Crippen LogP contribution is -2.19. The molecule has 0 aliphatic rings. The van der Waals surface area contributed by atoms with Crippen LogP contribution in [0.4, 0.5) is 13.2 Å². The molecule has 19 heavy (non-hydrogen) atoms. The zero-order valence-electron chi connectivity index (χ0n) is 10.1. The van der Waals surface area contributed by atoms with Gasteiger partial charge in [-0.05, 0) is 28.8 Å². The van der Waals surface area contributed by atoms with Crippen LogP contribution in [0.5, 0.6) is 0 Å². The summed E-state index contributed by atoms with van der Waals surface area (Å²) in [6, 6.07) is 7.53. The lowest BCUT2D eigenvalue weighted by Gasteiger charge is -2.12. The van der Waals surface area contributed by atoms with Gasteiger partial charge in [0.2, 0.25) is 0 Å². The van der Waals surface area contributed by atoms with Gasteiger partial charge in [-0.3, -0.25) is 0 Å². The highest BCUT2D eigenvalue weighted by molar-refractivity contribution is 7.17. The van der Waals surface area contributed by atoms with Gasteiger partial charge in [-0.1, -0.05) is 18.2 Å².